The number of halogens is 4. The van der Waals surface area contributed by atoms with Gasteiger partial charge in [-0.15, -0.1) is 0 Å². The third-order valence-corrected chi connectivity index (χ3v) is 5.64. The van der Waals surface area contributed by atoms with E-state index in [-0.39, 0.29) is 10.6 Å². The zero-order chi connectivity index (χ0) is 26.8. The highest BCUT2D eigenvalue weighted by atomic mass is 19.4. The van der Waals surface area contributed by atoms with Gasteiger partial charge in [-0.25, -0.2) is 8.96 Å². The fourth-order valence-corrected chi connectivity index (χ4v) is 3.90. The van der Waals surface area contributed by atoms with E-state index in [0.717, 1.165) is 19.3 Å². The van der Waals surface area contributed by atoms with Crippen LogP contribution in [0.4, 0.5) is 17.6 Å². The van der Waals surface area contributed by atoms with Crippen molar-refractivity contribution >= 4 is 17.8 Å². The Bertz CT molecular complexity index is 1270. The van der Waals surface area contributed by atoms with Crippen LogP contribution in [-0.4, -0.2) is 50.3 Å². The molecule has 1 heterocycles. The molecule has 194 valence electrons. The molecule has 1 aliphatic carbocycles. The number of aromatic nitrogens is 1. The summed E-state index contributed by atoms with van der Waals surface area (Å²) in [6, 6.07) is 0.498. The molecule has 1 saturated carbocycles. The Kier molecular flexibility index (Phi) is 7.55. The molecule has 0 aliphatic heterocycles. The lowest BCUT2D eigenvalue weighted by Gasteiger charge is -2.23. The molecule has 1 fully saturated rings. The Morgan fingerprint density at radius 2 is 1.67 bits per heavy atom. The van der Waals surface area contributed by atoms with Gasteiger partial charge >= 0.3 is 12.1 Å². The minimum absolute atomic E-state index is 0.0598. The summed E-state index contributed by atoms with van der Waals surface area (Å²) >= 11 is 0. The van der Waals surface area contributed by atoms with Crippen LogP contribution in [0.15, 0.2) is 23.0 Å². The molecule has 1 aliphatic rings. The zero-order valence-electron chi connectivity index (χ0n) is 18.5. The van der Waals surface area contributed by atoms with E-state index in [4.69, 9.17) is 5.11 Å². The lowest BCUT2D eigenvalue weighted by Crippen LogP contribution is -2.40. The maximum Gasteiger partial charge on any atom is 0.416 e. The largest absolute Gasteiger partial charge is 0.506 e. The second-order valence-corrected chi connectivity index (χ2v) is 8.11. The number of amides is 2. The number of aromatic hydroxyl groups is 2. The van der Waals surface area contributed by atoms with E-state index in [1.165, 1.54) is 0 Å². The van der Waals surface area contributed by atoms with Gasteiger partial charge in [-0.2, -0.15) is 13.2 Å². The summed E-state index contributed by atoms with van der Waals surface area (Å²) in [6.45, 7) is -1.02. The van der Waals surface area contributed by atoms with Crippen molar-refractivity contribution in [3.8, 4) is 17.3 Å². The second kappa shape index (κ2) is 10.3. The Morgan fingerprint density at radius 1 is 1.03 bits per heavy atom. The summed E-state index contributed by atoms with van der Waals surface area (Å²) in [7, 11) is 0. The molecular weight excluding hydrogens is 494 g/mol. The molecule has 0 bridgehead atoms. The van der Waals surface area contributed by atoms with E-state index in [0.29, 0.717) is 25.0 Å². The number of carboxylic acid groups (broad SMARTS) is 1. The summed E-state index contributed by atoms with van der Waals surface area (Å²) < 4.78 is 54.3. The maximum atomic E-state index is 14.6. The monoisotopic (exact) mass is 515 g/mol. The number of hydrogen-bond donors (Lipinski definition) is 5. The van der Waals surface area contributed by atoms with Gasteiger partial charge in [0.25, 0.3) is 17.4 Å². The van der Waals surface area contributed by atoms with E-state index in [1.807, 2.05) is 0 Å². The van der Waals surface area contributed by atoms with Crippen LogP contribution in [-0.2, 0) is 11.0 Å². The molecule has 1 aromatic heterocycles. The van der Waals surface area contributed by atoms with Gasteiger partial charge < -0.3 is 26.0 Å². The summed E-state index contributed by atoms with van der Waals surface area (Å²) in [5.41, 5.74) is -6.53. The molecule has 1 aromatic carbocycles. The first-order chi connectivity index (χ1) is 16.8. The second-order valence-electron chi connectivity index (χ2n) is 8.11. The number of carboxylic acids is 1. The molecule has 0 radical (unpaired) electrons. The fraction of sp³-hybridized carbons (Fsp3) is 0.364. The van der Waals surface area contributed by atoms with Crippen LogP contribution < -0.4 is 16.2 Å². The molecule has 0 atom stereocenters. The first kappa shape index (κ1) is 26.5. The highest BCUT2D eigenvalue weighted by Gasteiger charge is 2.35. The van der Waals surface area contributed by atoms with E-state index >= 15 is 0 Å². The van der Waals surface area contributed by atoms with Gasteiger partial charge in [0.2, 0.25) is 5.88 Å². The van der Waals surface area contributed by atoms with Crippen LogP contribution in [0.3, 0.4) is 0 Å². The van der Waals surface area contributed by atoms with Crippen molar-refractivity contribution in [2.24, 2.45) is 0 Å². The number of aliphatic carboxylic acids is 1. The first-order valence-corrected chi connectivity index (χ1v) is 10.7. The maximum absolute atomic E-state index is 14.6. The lowest BCUT2D eigenvalue weighted by atomic mass is 9.95. The molecule has 3 rings (SSSR count). The molecule has 2 aromatic rings. The Hall–Kier alpha value is -4.10. The number of pyridine rings is 1. The van der Waals surface area contributed by atoms with E-state index < -0.39 is 81.9 Å². The van der Waals surface area contributed by atoms with Gasteiger partial charge in [0.05, 0.1) is 11.3 Å². The predicted octanol–water partition coefficient (Wildman–Crippen LogP) is 2.28. The van der Waals surface area contributed by atoms with E-state index in [1.54, 1.807) is 5.32 Å². The van der Waals surface area contributed by atoms with Crippen molar-refractivity contribution in [1.82, 2.24) is 15.2 Å². The molecule has 36 heavy (non-hydrogen) atoms. The number of benzene rings is 1. The smallest absolute Gasteiger partial charge is 0.416 e. The van der Waals surface area contributed by atoms with Crippen molar-refractivity contribution in [3.05, 3.63) is 51.1 Å². The number of carbonyl (C=O) groups excluding carboxylic acids is 2. The van der Waals surface area contributed by atoms with Gasteiger partial charge in [0.15, 0.2) is 5.75 Å². The average molecular weight is 515 g/mol. The van der Waals surface area contributed by atoms with Crippen LogP contribution in [0.2, 0.25) is 0 Å². The molecule has 5 N–H and O–H groups in total. The van der Waals surface area contributed by atoms with Crippen molar-refractivity contribution in [1.29, 1.82) is 0 Å². The number of alkyl halides is 3. The van der Waals surface area contributed by atoms with Crippen LogP contribution in [0.1, 0.15) is 58.4 Å². The number of rotatable bonds is 6. The molecule has 10 nitrogen and oxygen atoms in total. The SMILES string of the molecule is O=C(O)CNC(=O)c1c(O)c(C(=O)NC2CCCCC2)c(=O)n(-c2cc(C(F)(F)F)ccc2F)c1O. The van der Waals surface area contributed by atoms with Crippen LogP contribution in [0, 0.1) is 5.82 Å². The standard InChI is InChI=1S/C22H21F4N3O7/c23-12-7-6-10(22(24,25)26)8-13(12)29-20(35)15(18(33)27-9-14(30)31)17(32)16(21(29)36)19(34)28-11-4-2-1-3-5-11/h6-8,11,32,35H,1-5,9H2,(H,27,33)(H,28,34)(H,30,31). The average Bonchev–Trinajstić information content (AvgIpc) is 2.78. The summed E-state index contributed by atoms with van der Waals surface area (Å²) in [5.74, 6) is -8.51. The van der Waals surface area contributed by atoms with Gasteiger partial charge in [-0.3, -0.25) is 19.2 Å². The lowest BCUT2D eigenvalue weighted by molar-refractivity contribution is -0.138. The molecular formula is C22H21F4N3O7. The number of nitrogens with one attached hydrogen (secondary N) is 2. The van der Waals surface area contributed by atoms with Gasteiger partial charge in [-0.05, 0) is 31.0 Å². The van der Waals surface area contributed by atoms with E-state index in [2.05, 4.69) is 5.32 Å². The van der Waals surface area contributed by atoms with E-state index in [9.17, 15) is 47.0 Å². The van der Waals surface area contributed by atoms with Gasteiger partial charge in [0.1, 0.15) is 23.5 Å². The van der Waals surface area contributed by atoms with Crippen molar-refractivity contribution in [2.75, 3.05) is 6.54 Å². The normalized spacial score (nSPS) is 14.3. The Balaban J connectivity index is 2.26. The molecule has 14 heteroatoms. The quantitative estimate of drug-likeness (QED) is 0.369. The predicted molar refractivity (Wildman–Crippen MR) is 115 cm³/mol. The zero-order valence-corrected chi connectivity index (χ0v) is 18.5. The molecule has 0 spiro atoms. The van der Waals surface area contributed by atoms with Crippen molar-refractivity contribution in [2.45, 2.75) is 44.3 Å². The number of carbonyl (C=O) groups is 3. The van der Waals surface area contributed by atoms with Crippen LogP contribution >= 0.6 is 0 Å². The van der Waals surface area contributed by atoms with Crippen LogP contribution in [0.25, 0.3) is 5.69 Å². The van der Waals surface area contributed by atoms with Crippen molar-refractivity contribution in [3.63, 3.8) is 0 Å². The first-order valence-electron chi connectivity index (χ1n) is 10.7. The number of nitrogens with zero attached hydrogens (tertiary/aromatic N) is 1. The summed E-state index contributed by atoms with van der Waals surface area (Å²) in [4.78, 5) is 49.4. The van der Waals surface area contributed by atoms with Gasteiger partial charge in [-0.1, -0.05) is 19.3 Å². The van der Waals surface area contributed by atoms with Gasteiger partial charge in [0, 0.05) is 6.04 Å². The molecule has 0 unspecified atom stereocenters. The summed E-state index contributed by atoms with van der Waals surface area (Å²) in [5, 5.41) is 34.3. The number of hydrogen-bond acceptors (Lipinski definition) is 6. The fourth-order valence-electron chi connectivity index (χ4n) is 3.90. The molecule has 2 amide bonds. The Labute approximate surface area is 200 Å². The third-order valence-electron chi connectivity index (χ3n) is 5.64. The highest BCUT2D eigenvalue weighted by molar-refractivity contribution is 6.05. The molecule has 0 saturated heterocycles. The van der Waals surface area contributed by atoms with Crippen LogP contribution in [0.5, 0.6) is 11.6 Å². The minimum Gasteiger partial charge on any atom is -0.506 e. The minimum atomic E-state index is -4.98. The topological polar surface area (TPSA) is 158 Å². The Morgan fingerprint density at radius 3 is 2.25 bits per heavy atom. The summed E-state index contributed by atoms with van der Waals surface area (Å²) in [6.07, 6.45) is -1.49. The highest BCUT2D eigenvalue weighted by Crippen LogP contribution is 2.35. The third kappa shape index (κ3) is 5.42. The van der Waals surface area contributed by atoms with Crippen molar-refractivity contribution < 1.29 is 47.3 Å².